The van der Waals surface area contributed by atoms with E-state index in [1.165, 1.54) is 22.9 Å². The van der Waals surface area contributed by atoms with Gasteiger partial charge >= 0.3 is 6.18 Å². The van der Waals surface area contributed by atoms with Crippen LogP contribution >= 0.6 is 11.6 Å². The van der Waals surface area contributed by atoms with E-state index >= 15 is 0 Å². The van der Waals surface area contributed by atoms with Gasteiger partial charge in [0.2, 0.25) is 0 Å². The molecule has 41 heavy (non-hydrogen) atoms. The van der Waals surface area contributed by atoms with Crippen molar-refractivity contribution < 1.29 is 22.8 Å². The molecule has 0 bridgehead atoms. The normalized spacial score (nSPS) is 11.7. The number of anilines is 1. The molecule has 2 aromatic carbocycles. The third-order valence-corrected chi connectivity index (χ3v) is 5.93. The lowest BCUT2D eigenvalue weighted by atomic mass is 10.0. The average molecular weight is 586 g/mol. The Balaban J connectivity index is 1.79. The first kappa shape index (κ1) is 29.2. The highest BCUT2D eigenvalue weighted by atomic mass is 35.5. The number of aromatic nitrogens is 6. The van der Waals surface area contributed by atoms with Crippen LogP contribution in [0.5, 0.6) is 0 Å². The lowest BCUT2D eigenvalue weighted by Gasteiger charge is -2.22. The number of carbonyl (C=O) groups excluding carboxylic acids is 2. The second-order valence-corrected chi connectivity index (χ2v) is 10.4. The van der Waals surface area contributed by atoms with Gasteiger partial charge in [0, 0.05) is 5.54 Å². The number of amides is 2. The first-order valence-electron chi connectivity index (χ1n) is 12.0. The second kappa shape index (κ2) is 11.0. The molecule has 0 fully saturated rings. The third-order valence-electron chi connectivity index (χ3n) is 5.61. The van der Waals surface area contributed by atoms with E-state index in [2.05, 4.69) is 31.3 Å². The van der Waals surface area contributed by atoms with Crippen molar-refractivity contribution in [1.82, 2.24) is 35.3 Å². The molecule has 2 N–H and O–H groups in total. The molecule has 0 aliphatic carbocycles. The minimum atomic E-state index is -4.81. The Labute approximate surface area is 236 Å². The molecule has 212 valence electrons. The number of carbonyl (C=O) groups is 2. The SMILES string of the molecule is Cc1cc(C#N)cc(C(=O)NC(C)(C)C)c1NC(=O)c1cc(Cn2nnnc2C(F)(F)F)nn1-c1ccccc1Cl. The molecule has 2 aromatic heterocycles. The van der Waals surface area contributed by atoms with Gasteiger partial charge in [0.1, 0.15) is 5.69 Å². The Morgan fingerprint density at radius 2 is 1.80 bits per heavy atom. The number of alkyl halides is 3. The van der Waals surface area contributed by atoms with E-state index in [-0.39, 0.29) is 38.9 Å². The van der Waals surface area contributed by atoms with E-state index in [9.17, 15) is 28.0 Å². The Hall–Kier alpha value is -4.77. The first-order chi connectivity index (χ1) is 19.2. The molecule has 0 saturated heterocycles. The molecule has 0 atom stereocenters. The van der Waals surface area contributed by atoms with Gasteiger partial charge in [-0.15, -0.1) is 5.10 Å². The molecule has 2 heterocycles. The van der Waals surface area contributed by atoms with Gasteiger partial charge in [-0.3, -0.25) is 9.59 Å². The van der Waals surface area contributed by atoms with Gasteiger partial charge in [0.05, 0.1) is 45.8 Å². The van der Waals surface area contributed by atoms with E-state index < -0.39 is 35.9 Å². The summed E-state index contributed by atoms with van der Waals surface area (Å²) in [6.45, 7) is 6.46. The predicted molar refractivity (Wildman–Crippen MR) is 142 cm³/mol. The van der Waals surface area contributed by atoms with E-state index in [0.717, 1.165) is 0 Å². The number of para-hydroxylation sites is 1. The quantitative estimate of drug-likeness (QED) is 0.338. The van der Waals surface area contributed by atoms with Crippen molar-refractivity contribution in [2.24, 2.45) is 0 Å². The first-order valence-corrected chi connectivity index (χ1v) is 12.4. The molecule has 0 saturated carbocycles. The number of nitrogens with one attached hydrogen (secondary N) is 2. The van der Waals surface area contributed by atoms with Crippen LogP contribution in [0.15, 0.2) is 42.5 Å². The van der Waals surface area contributed by atoms with E-state index in [1.807, 2.05) is 6.07 Å². The zero-order valence-corrected chi connectivity index (χ0v) is 23.0. The number of halogens is 4. The number of benzene rings is 2. The van der Waals surface area contributed by atoms with Crippen molar-refractivity contribution in [3.05, 3.63) is 81.4 Å². The van der Waals surface area contributed by atoms with Crippen LogP contribution in [0.1, 0.15) is 64.3 Å². The maximum absolute atomic E-state index is 13.7. The summed E-state index contributed by atoms with van der Waals surface area (Å²) in [6.07, 6.45) is -4.81. The zero-order chi connectivity index (χ0) is 30.1. The number of hydrogen-bond acceptors (Lipinski definition) is 7. The maximum Gasteiger partial charge on any atom is 0.453 e. The third kappa shape index (κ3) is 6.52. The number of tetrazole rings is 1. The highest BCUT2D eigenvalue weighted by Gasteiger charge is 2.38. The van der Waals surface area contributed by atoms with Gasteiger partial charge in [-0.05, 0) is 74.0 Å². The fourth-order valence-corrected chi connectivity index (χ4v) is 4.14. The van der Waals surface area contributed by atoms with Crippen LogP contribution in [0.3, 0.4) is 0 Å². The van der Waals surface area contributed by atoms with Crippen LogP contribution < -0.4 is 10.6 Å². The Morgan fingerprint density at radius 1 is 1.10 bits per heavy atom. The zero-order valence-electron chi connectivity index (χ0n) is 22.2. The molecule has 0 spiro atoms. The van der Waals surface area contributed by atoms with Gasteiger partial charge in [-0.1, -0.05) is 23.7 Å². The van der Waals surface area contributed by atoms with Gasteiger partial charge in [-0.25, -0.2) is 9.36 Å². The van der Waals surface area contributed by atoms with Crippen LogP contribution in [0, 0.1) is 18.3 Å². The van der Waals surface area contributed by atoms with Crippen molar-refractivity contribution in [2.75, 3.05) is 5.32 Å². The van der Waals surface area contributed by atoms with Gasteiger partial charge in [0.15, 0.2) is 0 Å². The smallest absolute Gasteiger partial charge is 0.347 e. The largest absolute Gasteiger partial charge is 0.453 e. The van der Waals surface area contributed by atoms with Crippen molar-refractivity contribution in [3.63, 3.8) is 0 Å². The number of nitrogens with zero attached hydrogens (tertiary/aromatic N) is 7. The molecule has 0 aliphatic rings. The topological polar surface area (TPSA) is 143 Å². The van der Waals surface area contributed by atoms with Gasteiger partial charge < -0.3 is 10.6 Å². The molecule has 0 radical (unpaired) electrons. The fourth-order valence-electron chi connectivity index (χ4n) is 3.93. The summed E-state index contributed by atoms with van der Waals surface area (Å²) in [6, 6.07) is 12.6. The Kier molecular flexibility index (Phi) is 7.85. The molecular weight excluding hydrogens is 563 g/mol. The molecule has 4 rings (SSSR count). The monoisotopic (exact) mass is 585 g/mol. The summed E-state index contributed by atoms with van der Waals surface area (Å²) in [5.74, 6) is -2.60. The van der Waals surface area contributed by atoms with E-state index in [1.54, 1.807) is 52.0 Å². The number of hydrogen-bond donors (Lipinski definition) is 2. The van der Waals surface area contributed by atoms with Gasteiger partial charge in [-0.2, -0.15) is 23.5 Å². The minimum Gasteiger partial charge on any atom is -0.347 e. The highest BCUT2D eigenvalue weighted by Crippen LogP contribution is 2.29. The van der Waals surface area contributed by atoms with E-state index in [4.69, 9.17) is 11.6 Å². The second-order valence-electron chi connectivity index (χ2n) is 10.0. The lowest BCUT2D eigenvalue weighted by Crippen LogP contribution is -2.41. The van der Waals surface area contributed by atoms with Gasteiger partial charge in [0.25, 0.3) is 17.6 Å². The molecule has 0 aliphatic heterocycles. The summed E-state index contributed by atoms with van der Waals surface area (Å²) in [5.41, 5.74) is 0.435. The minimum absolute atomic E-state index is 0.0233. The highest BCUT2D eigenvalue weighted by molar-refractivity contribution is 6.32. The maximum atomic E-state index is 13.7. The molecule has 4 aromatic rings. The molecule has 11 nitrogen and oxygen atoms in total. The number of aryl methyl sites for hydroxylation is 1. The van der Waals surface area contributed by atoms with Crippen LogP contribution in [-0.4, -0.2) is 47.3 Å². The molecule has 15 heteroatoms. The summed E-state index contributed by atoms with van der Waals surface area (Å²) >= 11 is 6.36. The number of rotatable bonds is 6. The van der Waals surface area contributed by atoms with E-state index in [0.29, 0.717) is 10.2 Å². The average Bonchev–Trinajstić information content (AvgIpc) is 3.52. The lowest BCUT2D eigenvalue weighted by molar-refractivity contribution is -0.147. The summed E-state index contributed by atoms with van der Waals surface area (Å²) < 4.78 is 41.7. The standard InChI is InChI=1S/C26H23ClF3N9O2/c1-14-9-15(12-31)10-17(22(40)33-25(2,3)4)21(14)32-23(41)20-11-16(13-38-24(26(28,29)30)34-36-37-38)35-39(20)19-8-6-5-7-18(19)27/h5-11H,13H2,1-4H3,(H,32,41)(H,33,40). The Bertz CT molecular complexity index is 1680. The summed E-state index contributed by atoms with van der Waals surface area (Å²) in [4.78, 5) is 26.8. The van der Waals surface area contributed by atoms with Crippen LogP contribution in [0.25, 0.3) is 5.69 Å². The van der Waals surface area contributed by atoms with Crippen molar-refractivity contribution in [3.8, 4) is 11.8 Å². The Morgan fingerprint density at radius 3 is 2.44 bits per heavy atom. The molecule has 2 amide bonds. The number of nitriles is 1. The predicted octanol–water partition coefficient (Wildman–Crippen LogP) is 4.54. The molecular formula is C26H23ClF3N9O2. The van der Waals surface area contributed by atoms with Crippen molar-refractivity contribution >= 4 is 29.1 Å². The summed E-state index contributed by atoms with van der Waals surface area (Å²) in [5, 5.41) is 29.0. The van der Waals surface area contributed by atoms with Crippen molar-refractivity contribution in [1.29, 1.82) is 5.26 Å². The fraction of sp³-hybridized carbons (Fsp3) is 0.269. The van der Waals surface area contributed by atoms with Crippen LogP contribution in [-0.2, 0) is 12.7 Å². The molecule has 0 unspecified atom stereocenters. The summed E-state index contributed by atoms with van der Waals surface area (Å²) in [7, 11) is 0. The van der Waals surface area contributed by atoms with Crippen LogP contribution in [0.2, 0.25) is 5.02 Å². The van der Waals surface area contributed by atoms with Crippen molar-refractivity contribution in [2.45, 2.75) is 46.0 Å². The van der Waals surface area contributed by atoms with Crippen LogP contribution in [0.4, 0.5) is 18.9 Å².